The Balaban J connectivity index is 2.35. The van der Waals surface area contributed by atoms with E-state index in [0.717, 1.165) is 4.31 Å². The maximum Gasteiger partial charge on any atom is 0.247 e. The van der Waals surface area contributed by atoms with Crippen LogP contribution in [0.5, 0.6) is 0 Å². The van der Waals surface area contributed by atoms with Crippen molar-refractivity contribution in [3.8, 4) is 6.07 Å². The van der Waals surface area contributed by atoms with E-state index in [4.69, 9.17) is 15.4 Å². The quantitative estimate of drug-likeness (QED) is 0.862. The zero-order valence-electron chi connectivity index (χ0n) is 11.1. The second kappa shape index (κ2) is 6.39. The molecule has 2 aromatic rings. The third-order valence-corrected chi connectivity index (χ3v) is 4.70. The molecule has 0 unspecified atom stereocenters. The van der Waals surface area contributed by atoms with E-state index >= 15 is 0 Å². The lowest BCUT2D eigenvalue weighted by Gasteiger charge is -2.20. The lowest BCUT2D eigenvalue weighted by atomic mass is 10.4. The first-order chi connectivity index (χ1) is 10.1. The Morgan fingerprint density at radius 3 is 2.81 bits per heavy atom. The average Bonchev–Trinajstić information content (AvgIpc) is 2.96. The Morgan fingerprint density at radius 1 is 1.38 bits per heavy atom. The van der Waals surface area contributed by atoms with Gasteiger partial charge in [0, 0.05) is 19.2 Å². The van der Waals surface area contributed by atoms with Crippen molar-refractivity contribution < 1.29 is 12.8 Å². The van der Waals surface area contributed by atoms with Gasteiger partial charge in [0.15, 0.2) is 0 Å². The van der Waals surface area contributed by atoms with Crippen molar-refractivity contribution in [2.24, 2.45) is 0 Å². The molecule has 2 heterocycles. The number of hydrogen-bond donors (Lipinski definition) is 1. The zero-order chi connectivity index (χ0) is 15.3. The largest absolute Gasteiger partial charge is 0.468 e. The molecular weight excluding hydrogens is 292 g/mol. The van der Waals surface area contributed by atoms with E-state index in [9.17, 15) is 8.42 Å². The molecule has 2 N–H and O–H groups in total. The Morgan fingerprint density at radius 2 is 2.19 bits per heavy atom. The maximum absolute atomic E-state index is 12.6. The minimum absolute atomic E-state index is 0.0331. The van der Waals surface area contributed by atoms with Gasteiger partial charge in [-0.1, -0.05) is 0 Å². The molecule has 0 aliphatic carbocycles. The molecule has 8 heteroatoms. The van der Waals surface area contributed by atoms with Gasteiger partial charge in [-0.05, 0) is 24.3 Å². The van der Waals surface area contributed by atoms with Gasteiger partial charge in [-0.3, -0.25) is 0 Å². The van der Waals surface area contributed by atoms with Crippen LogP contribution in [0.3, 0.4) is 0 Å². The number of hydrogen-bond acceptors (Lipinski definition) is 6. The van der Waals surface area contributed by atoms with Gasteiger partial charge in [-0.2, -0.15) is 9.57 Å². The third-order valence-electron chi connectivity index (χ3n) is 2.80. The number of sulfonamides is 1. The van der Waals surface area contributed by atoms with Gasteiger partial charge in [-0.25, -0.2) is 13.4 Å². The number of rotatable bonds is 6. The number of aromatic nitrogens is 1. The van der Waals surface area contributed by atoms with E-state index in [1.807, 2.05) is 6.07 Å². The van der Waals surface area contributed by atoms with Gasteiger partial charge in [0.1, 0.15) is 16.5 Å². The minimum Gasteiger partial charge on any atom is -0.468 e. The summed E-state index contributed by atoms with van der Waals surface area (Å²) in [6.45, 7) is 0.0826. The molecule has 0 aliphatic rings. The van der Waals surface area contributed by atoms with Crippen molar-refractivity contribution in [3.05, 3.63) is 42.5 Å². The number of pyridine rings is 1. The number of nitrogens with two attached hydrogens (primary N) is 1. The fourth-order valence-corrected chi connectivity index (χ4v) is 3.27. The monoisotopic (exact) mass is 306 g/mol. The highest BCUT2D eigenvalue weighted by Gasteiger charge is 2.27. The van der Waals surface area contributed by atoms with Gasteiger partial charge >= 0.3 is 0 Å². The number of furan rings is 1. The molecule has 2 aromatic heterocycles. The molecule has 21 heavy (non-hydrogen) atoms. The van der Waals surface area contributed by atoms with Crippen LogP contribution in [0.15, 0.2) is 46.0 Å². The first kappa shape index (κ1) is 15.0. The van der Waals surface area contributed by atoms with Crippen LogP contribution in [0.25, 0.3) is 0 Å². The first-order valence-electron chi connectivity index (χ1n) is 6.15. The summed E-state index contributed by atoms with van der Waals surface area (Å²) in [5.74, 6) is 0.415. The van der Waals surface area contributed by atoms with Crippen molar-refractivity contribution in [3.63, 3.8) is 0 Å². The predicted molar refractivity (Wildman–Crippen MR) is 75.2 cm³/mol. The molecule has 0 atom stereocenters. The van der Waals surface area contributed by atoms with Crippen molar-refractivity contribution in [2.75, 3.05) is 12.3 Å². The molecule has 0 saturated carbocycles. The third kappa shape index (κ3) is 3.39. The standard InChI is InChI=1S/C13H14N4O3S/c14-6-3-8-17(10-11-4-2-9-20-11)21(18,19)12-5-1-7-16-13(12)15/h1-2,4-5,7,9H,3,8,10H2,(H2,15,16). The Hall–Kier alpha value is -2.37. The van der Waals surface area contributed by atoms with Crippen molar-refractivity contribution in [1.29, 1.82) is 5.26 Å². The van der Waals surface area contributed by atoms with E-state index in [1.165, 1.54) is 24.6 Å². The predicted octanol–water partition coefficient (Wildman–Crippen LogP) is 1.36. The molecule has 0 aliphatic heterocycles. The fraction of sp³-hybridized carbons (Fsp3) is 0.231. The lowest BCUT2D eigenvalue weighted by Crippen LogP contribution is -2.32. The van der Waals surface area contributed by atoms with Crippen molar-refractivity contribution >= 4 is 15.8 Å². The van der Waals surface area contributed by atoms with Crippen LogP contribution >= 0.6 is 0 Å². The summed E-state index contributed by atoms with van der Waals surface area (Å²) in [6.07, 6.45) is 2.95. The Bertz CT molecular complexity index is 735. The average molecular weight is 306 g/mol. The van der Waals surface area contributed by atoms with Gasteiger partial charge in [0.05, 0.1) is 18.9 Å². The lowest BCUT2D eigenvalue weighted by molar-refractivity contribution is 0.368. The minimum atomic E-state index is -3.85. The molecule has 0 spiro atoms. The number of nitrogens with zero attached hydrogens (tertiary/aromatic N) is 3. The van der Waals surface area contributed by atoms with Crippen LogP contribution in [-0.4, -0.2) is 24.3 Å². The van der Waals surface area contributed by atoms with Gasteiger partial charge in [0.25, 0.3) is 0 Å². The number of anilines is 1. The summed E-state index contributed by atoms with van der Waals surface area (Å²) < 4.78 is 31.6. The van der Waals surface area contributed by atoms with E-state index < -0.39 is 10.0 Å². The van der Waals surface area contributed by atoms with Gasteiger partial charge < -0.3 is 10.2 Å². The molecule has 0 amide bonds. The normalized spacial score (nSPS) is 11.4. The maximum atomic E-state index is 12.6. The summed E-state index contributed by atoms with van der Waals surface area (Å²) >= 11 is 0. The van der Waals surface area contributed by atoms with Crippen molar-refractivity contribution in [1.82, 2.24) is 9.29 Å². The molecule has 2 rings (SSSR count). The van der Waals surface area contributed by atoms with E-state index in [-0.39, 0.29) is 30.2 Å². The van der Waals surface area contributed by atoms with Gasteiger partial charge in [-0.15, -0.1) is 0 Å². The van der Waals surface area contributed by atoms with Crippen LogP contribution in [0.2, 0.25) is 0 Å². The molecule has 0 aromatic carbocycles. The molecule has 0 radical (unpaired) electrons. The summed E-state index contributed by atoms with van der Waals surface area (Å²) in [6, 6.07) is 8.16. The Labute approximate surface area is 122 Å². The van der Waals surface area contributed by atoms with E-state index in [0.29, 0.717) is 5.76 Å². The summed E-state index contributed by atoms with van der Waals surface area (Å²) in [4.78, 5) is 3.71. The van der Waals surface area contributed by atoms with Crippen LogP contribution in [0, 0.1) is 11.3 Å². The first-order valence-corrected chi connectivity index (χ1v) is 7.59. The Kier molecular flexibility index (Phi) is 4.57. The smallest absolute Gasteiger partial charge is 0.247 e. The molecule has 110 valence electrons. The summed E-state index contributed by atoms with van der Waals surface area (Å²) in [5.41, 5.74) is 5.64. The topological polar surface area (TPSA) is 113 Å². The van der Waals surface area contributed by atoms with Crippen LogP contribution in [0.4, 0.5) is 5.82 Å². The second-order valence-corrected chi connectivity index (χ2v) is 6.12. The highest BCUT2D eigenvalue weighted by atomic mass is 32.2. The molecule has 0 bridgehead atoms. The SMILES string of the molecule is N#CCCN(Cc1ccco1)S(=O)(=O)c1cccnc1N. The van der Waals surface area contributed by atoms with Gasteiger partial charge in [0.2, 0.25) is 10.0 Å². The summed E-state index contributed by atoms with van der Waals surface area (Å²) in [5, 5.41) is 8.70. The highest BCUT2D eigenvalue weighted by Crippen LogP contribution is 2.22. The van der Waals surface area contributed by atoms with Crippen LogP contribution in [0.1, 0.15) is 12.2 Å². The molecular formula is C13H14N4O3S. The molecule has 7 nitrogen and oxygen atoms in total. The number of nitrogen functional groups attached to an aromatic ring is 1. The highest BCUT2D eigenvalue weighted by molar-refractivity contribution is 7.89. The van der Waals surface area contributed by atoms with E-state index in [2.05, 4.69) is 4.98 Å². The van der Waals surface area contributed by atoms with Crippen LogP contribution in [-0.2, 0) is 16.6 Å². The number of nitriles is 1. The zero-order valence-corrected chi connectivity index (χ0v) is 12.0. The van der Waals surface area contributed by atoms with E-state index in [1.54, 1.807) is 12.1 Å². The van der Waals surface area contributed by atoms with Crippen molar-refractivity contribution in [2.45, 2.75) is 17.9 Å². The summed E-state index contributed by atoms with van der Waals surface area (Å²) in [7, 11) is -3.85. The molecule has 0 saturated heterocycles. The fourth-order valence-electron chi connectivity index (χ4n) is 1.80. The second-order valence-electron chi connectivity index (χ2n) is 4.21. The van der Waals surface area contributed by atoms with Crippen LogP contribution < -0.4 is 5.73 Å². The molecule has 0 fully saturated rings.